The van der Waals surface area contributed by atoms with E-state index in [1.807, 2.05) is 13.8 Å². The number of ether oxygens (including phenoxy) is 2. The summed E-state index contributed by atoms with van der Waals surface area (Å²) < 4.78 is 11.0. The molecule has 3 nitrogen and oxygen atoms in total. The predicted octanol–water partition coefficient (Wildman–Crippen LogP) is 2.08. The van der Waals surface area contributed by atoms with Gasteiger partial charge in [-0.2, -0.15) is 0 Å². The Morgan fingerprint density at radius 2 is 2.14 bits per heavy atom. The molecule has 0 aromatic carbocycles. The number of unbranched alkanes of at least 4 members (excludes halogenated alkanes) is 2. The molecule has 1 rings (SSSR count). The molecule has 0 amide bonds. The smallest absolute Gasteiger partial charge is 0.163 e. The van der Waals surface area contributed by atoms with Gasteiger partial charge in [-0.1, -0.05) is 26.2 Å². The van der Waals surface area contributed by atoms with Crippen molar-refractivity contribution in [2.45, 2.75) is 64.4 Å². The summed E-state index contributed by atoms with van der Waals surface area (Å²) in [6.45, 7) is 6.43. The van der Waals surface area contributed by atoms with Gasteiger partial charge in [-0.3, -0.25) is 0 Å². The quantitative estimate of drug-likeness (QED) is 0.694. The number of hydrogen-bond acceptors (Lipinski definition) is 3. The minimum atomic E-state index is -0.517. The molecule has 1 heterocycles. The van der Waals surface area contributed by atoms with E-state index < -0.39 is 5.79 Å². The van der Waals surface area contributed by atoms with Gasteiger partial charge in [0.25, 0.3) is 0 Å². The molecule has 1 N–H and O–H groups in total. The van der Waals surface area contributed by atoms with Gasteiger partial charge in [0, 0.05) is 0 Å². The van der Waals surface area contributed by atoms with E-state index in [0.29, 0.717) is 6.61 Å². The molecule has 1 aliphatic rings. The second-order valence-electron chi connectivity index (χ2n) is 4.43. The molecule has 0 aliphatic carbocycles. The van der Waals surface area contributed by atoms with E-state index in [0.717, 1.165) is 12.8 Å². The van der Waals surface area contributed by atoms with Crippen molar-refractivity contribution in [1.82, 2.24) is 0 Å². The normalized spacial score (nSPS) is 27.9. The fourth-order valence-electron chi connectivity index (χ4n) is 1.69. The summed E-state index contributed by atoms with van der Waals surface area (Å²) in [5, 5.41) is 9.80. The summed E-state index contributed by atoms with van der Waals surface area (Å²) in [4.78, 5) is 0. The molecule has 3 heteroatoms. The fraction of sp³-hybridized carbons (Fsp3) is 1.00. The maximum atomic E-state index is 9.80. The number of aliphatic hydroxyl groups is 1. The van der Waals surface area contributed by atoms with Crippen molar-refractivity contribution in [2.24, 2.45) is 0 Å². The Kier molecular flexibility index (Phi) is 4.35. The Morgan fingerprint density at radius 1 is 1.43 bits per heavy atom. The van der Waals surface area contributed by atoms with Gasteiger partial charge in [0.15, 0.2) is 5.79 Å². The van der Waals surface area contributed by atoms with Crippen LogP contribution < -0.4 is 0 Å². The van der Waals surface area contributed by atoms with Crippen molar-refractivity contribution >= 4 is 0 Å². The van der Waals surface area contributed by atoms with Crippen LogP contribution in [0, 0.1) is 0 Å². The lowest BCUT2D eigenvalue weighted by Gasteiger charge is -2.20. The molecule has 0 radical (unpaired) electrons. The minimum absolute atomic E-state index is 0.137. The molecule has 1 aliphatic heterocycles. The highest BCUT2D eigenvalue weighted by Gasteiger charge is 2.36. The number of hydrogen-bond donors (Lipinski definition) is 1. The Balaban J connectivity index is 2.22. The van der Waals surface area contributed by atoms with Crippen LogP contribution in [0.25, 0.3) is 0 Å². The third kappa shape index (κ3) is 3.56. The first-order valence-corrected chi connectivity index (χ1v) is 5.55. The van der Waals surface area contributed by atoms with E-state index in [1.54, 1.807) is 0 Å². The van der Waals surface area contributed by atoms with E-state index in [2.05, 4.69) is 6.92 Å². The molecule has 0 aromatic heterocycles. The number of aliphatic hydroxyl groups excluding tert-OH is 1. The summed E-state index contributed by atoms with van der Waals surface area (Å²) in [5.41, 5.74) is 0. The third-order valence-electron chi connectivity index (χ3n) is 2.56. The monoisotopic (exact) mass is 202 g/mol. The van der Waals surface area contributed by atoms with Crippen molar-refractivity contribution in [3.8, 4) is 0 Å². The van der Waals surface area contributed by atoms with Crippen LogP contribution in [0.2, 0.25) is 0 Å². The second kappa shape index (κ2) is 5.10. The third-order valence-corrected chi connectivity index (χ3v) is 2.56. The molecule has 1 fully saturated rings. The zero-order valence-corrected chi connectivity index (χ0v) is 9.45. The van der Waals surface area contributed by atoms with Crippen LogP contribution in [0.15, 0.2) is 0 Å². The highest BCUT2D eigenvalue weighted by molar-refractivity contribution is 4.77. The van der Waals surface area contributed by atoms with E-state index in [-0.39, 0.29) is 12.2 Å². The lowest BCUT2D eigenvalue weighted by molar-refractivity contribution is -0.151. The van der Waals surface area contributed by atoms with E-state index in [4.69, 9.17) is 9.47 Å². The zero-order valence-electron chi connectivity index (χ0n) is 9.45. The SMILES string of the molecule is CCCCC[C@@H](O)[C@@H]1COC(C)(C)O1. The van der Waals surface area contributed by atoms with Crippen LogP contribution in [-0.2, 0) is 9.47 Å². The van der Waals surface area contributed by atoms with Gasteiger partial charge in [-0.15, -0.1) is 0 Å². The van der Waals surface area contributed by atoms with Crippen molar-refractivity contribution in [2.75, 3.05) is 6.61 Å². The Morgan fingerprint density at radius 3 is 2.64 bits per heavy atom. The highest BCUT2D eigenvalue weighted by Crippen LogP contribution is 2.25. The first-order chi connectivity index (χ1) is 6.55. The molecular formula is C11H22O3. The molecule has 0 spiro atoms. The van der Waals surface area contributed by atoms with E-state index in [9.17, 15) is 5.11 Å². The lowest BCUT2D eigenvalue weighted by atomic mass is 10.1. The van der Waals surface area contributed by atoms with Crippen molar-refractivity contribution < 1.29 is 14.6 Å². The molecule has 0 bridgehead atoms. The highest BCUT2D eigenvalue weighted by atomic mass is 16.7. The summed E-state index contributed by atoms with van der Waals surface area (Å²) >= 11 is 0. The van der Waals surface area contributed by atoms with Crippen LogP contribution in [0.1, 0.15) is 46.5 Å². The zero-order chi connectivity index (χ0) is 10.6. The summed E-state index contributed by atoms with van der Waals surface area (Å²) in [6.07, 6.45) is 3.73. The molecular weight excluding hydrogens is 180 g/mol. The summed E-state index contributed by atoms with van der Waals surface area (Å²) in [5.74, 6) is -0.517. The predicted molar refractivity (Wildman–Crippen MR) is 55.1 cm³/mol. The number of rotatable bonds is 5. The van der Waals surface area contributed by atoms with Gasteiger partial charge < -0.3 is 14.6 Å². The molecule has 0 aromatic rings. The van der Waals surface area contributed by atoms with Crippen LogP contribution in [0.3, 0.4) is 0 Å². The van der Waals surface area contributed by atoms with Crippen LogP contribution in [-0.4, -0.2) is 29.7 Å². The van der Waals surface area contributed by atoms with Crippen molar-refractivity contribution in [3.05, 3.63) is 0 Å². The van der Waals surface area contributed by atoms with E-state index >= 15 is 0 Å². The molecule has 84 valence electrons. The topological polar surface area (TPSA) is 38.7 Å². The summed E-state index contributed by atoms with van der Waals surface area (Å²) in [7, 11) is 0. The van der Waals surface area contributed by atoms with Gasteiger partial charge in [0.2, 0.25) is 0 Å². The first-order valence-electron chi connectivity index (χ1n) is 5.55. The molecule has 14 heavy (non-hydrogen) atoms. The van der Waals surface area contributed by atoms with Crippen molar-refractivity contribution in [1.29, 1.82) is 0 Å². The lowest BCUT2D eigenvalue weighted by Crippen LogP contribution is -2.30. The Labute approximate surface area is 86.4 Å². The van der Waals surface area contributed by atoms with Gasteiger partial charge >= 0.3 is 0 Å². The van der Waals surface area contributed by atoms with Gasteiger partial charge in [-0.05, 0) is 20.3 Å². The molecule has 1 saturated heterocycles. The maximum Gasteiger partial charge on any atom is 0.163 e. The van der Waals surface area contributed by atoms with Crippen LogP contribution in [0.4, 0.5) is 0 Å². The molecule has 0 saturated carbocycles. The average molecular weight is 202 g/mol. The van der Waals surface area contributed by atoms with E-state index in [1.165, 1.54) is 12.8 Å². The van der Waals surface area contributed by atoms with Crippen LogP contribution in [0.5, 0.6) is 0 Å². The Bertz CT molecular complexity index is 168. The average Bonchev–Trinajstić information content (AvgIpc) is 2.46. The summed E-state index contributed by atoms with van der Waals surface area (Å²) in [6, 6.07) is 0. The standard InChI is InChI=1S/C11H22O3/c1-4-5-6-7-9(12)10-8-13-11(2,3)14-10/h9-10,12H,4-8H2,1-3H3/t9-,10+/m1/s1. The largest absolute Gasteiger partial charge is 0.390 e. The fourth-order valence-corrected chi connectivity index (χ4v) is 1.69. The van der Waals surface area contributed by atoms with Crippen LogP contribution >= 0.6 is 0 Å². The Hall–Kier alpha value is -0.120. The van der Waals surface area contributed by atoms with Gasteiger partial charge in [-0.25, -0.2) is 0 Å². The second-order valence-corrected chi connectivity index (χ2v) is 4.43. The molecule has 0 unspecified atom stereocenters. The maximum absolute atomic E-state index is 9.80. The molecule has 2 atom stereocenters. The van der Waals surface area contributed by atoms with Gasteiger partial charge in [0.05, 0.1) is 12.7 Å². The first kappa shape index (κ1) is 12.0. The minimum Gasteiger partial charge on any atom is -0.390 e. The van der Waals surface area contributed by atoms with Crippen molar-refractivity contribution in [3.63, 3.8) is 0 Å². The van der Waals surface area contributed by atoms with Gasteiger partial charge in [0.1, 0.15) is 6.10 Å².